The SMILES string of the molecule is Nc1cc(Cl)c([N+](=O)[O-])cc1OCC(F)(F)F. The molecule has 1 aromatic carbocycles. The molecule has 0 atom stereocenters. The Morgan fingerprint density at radius 2 is 2.06 bits per heavy atom. The van der Waals surface area contributed by atoms with Crippen LogP contribution in [0.4, 0.5) is 24.5 Å². The molecule has 0 radical (unpaired) electrons. The lowest BCUT2D eigenvalue weighted by Gasteiger charge is -2.11. The second-order valence-corrected chi connectivity index (χ2v) is 3.41. The molecule has 0 spiro atoms. The quantitative estimate of drug-likeness (QED) is 0.520. The van der Waals surface area contributed by atoms with Gasteiger partial charge in [0.05, 0.1) is 16.7 Å². The van der Waals surface area contributed by atoms with Crippen molar-refractivity contribution in [2.75, 3.05) is 12.3 Å². The number of hydrogen-bond acceptors (Lipinski definition) is 4. The second-order valence-electron chi connectivity index (χ2n) is 3.00. The Hall–Kier alpha value is -1.70. The van der Waals surface area contributed by atoms with Gasteiger partial charge < -0.3 is 10.5 Å². The molecule has 0 aliphatic heterocycles. The van der Waals surface area contributed by atoms with Crippen molar-refractivity contribution in [3.05, 3.63) is 27.3 Å². The summed E-state index contributed by atoms with van der Waals surface area (Å²) < 4.78 is 40.0. The number of nitro groups is 1. The summed E-state index contributed by atoms with van der Waals surface area (Å²) in [4.78, 5) is 9.64. The van der Waals surface area contributed by atoms with Crippen LogP contribution in [-0.4, -0.2) is 17.7 Å². The van der Waals surface area contributed by atoms with E-state index in [-0.39, 0.29) is 10.7 Å². The molecule has 2 N–H and O–H groups in total. The normalized spacial score (nSPS) is 11.3. The molecular formula is C8H6ClF3N2O3. The third-order valence-corrected chi connectivity index (χ3v) is 1.97. The predicted octanol–water partition coefficient (Wildman–Crippen LogP) is 2.77. The smallest absolute Gasteiger partial charge is 0.422 e. The first-order valence-electron chi connectivity index (χ1n) is 4.13. The van der Waals surface area contributed by atoms with Gasteiger partial charge in [-0.3, -0.25) is 10.1 Å². The standard InChI is InChI=1S/C8H6ClF3N2O3/c9-4-1-5(13)7(2-6(4)14(15)16)17-3-8(10,11)12/h1-2H,3,13H2. The van der Waals surface area contributed by atoms with Crippen molar-refractivity contribution >= 4 is 23.0 Å². The van der Waals surface area contributed by atoms with Gasteiger partial charge in [-0.15, -0.1) is 0 Å². The highest BCUT2D eigenvalue weighted by Gasteiger charge is 2.29. The maximum Gasteiger partial charge on any atom is 0.422 e. The predicted molar refractivity (Wildman–Crippen MR) is 54.1 cm³/mol. The summed E-state index contributed by atoms with van der Waals surface area (Å²) in [5.41, 5.74) is 4.55. The highest BCUT2D eigenvalue weighted by atomic mass is 35.5. The van der Waals surface area contributed by atoms with Gasteiger partial charge in [-0.25, -0.2) is 0 Å². The third kappa shape index (κ3) is 3.66. The van der Waals surface area contributed by atoms with Crippen LogP contribution in [0.25, 0.3) is 0 Å². The molecule has 9 heteroatoms. The average molecular weight is 271 g/mol. The molecule has 0 aromatic heterocycles. The molecule has 1 aromatic rings. The summed E-state index contributed by atoms with van der Waals surface area (Å²) in [6.07, 6.45) is -4.55. The number of nitro benzene ring substituents is 1. The fourth-order valence-electron chi connectivity index (χ4n) is 0.983. The molecule has 0 aliphatic rings. The zero-order chi connectivity index (χ0) is 13.2. The van der Waals surface area contributed by atoms with E-state index in [1.165, 1.54) is 0 Å². The van der Waals surface area contributed by atoms with Crippen LogP contribution in [0.1, 0.15) is 0 Å². The van der Waals surface area contributed by atoms with Gasteiger partial charge in [0, 0.05) is 0 Å². The topological polar surface area (TPSA) is 78.4 Å². The molecule has 94 valence electrons. The number of nitrogens with two attached hydrogens (primary N) is 1. The first-order chi connectivity index (χ1) is 7.70. The molecule has 0 fully saturated rings. The van der Waals surface area contributed by atoms with E-state index in [0.29, 0.717) is 0 Å². The number of anilines is 1. The van der Waals surface area contributed by atoms with Crippen LogP contribution in [0.3, 0.4) is 0 Å². The first kappa shape index (κ1) is 13.4. The van der Waals surface area contributed by atoms with E-state index in [1.807, 2.05) is 0 Å². The zero-order valence-corrected chi connectivity index (χ0v) is 8.88. The van der Waals surface area contributed by atoms with Crippen molar-refractivity contribution in [2.24, 2.45) is 0 Å². The van der Waals surface area contributed by atoms with E-state index >= 15 is 0 Å². The van der Waals surface area contributed by atoms with Gasteiger partial charge in [0.25, 0.3) is 5.69 Å². The number of ether oxygens (including phenoxy) is 1. The average Bonchev–Trinajstić information content (AvgIpc) is 2.14. The number of halogens is 4. The van der Waals surface area contributed by atoms with Gasteiger partial charge >= 0.3 is 6.18 Å². The molecule has 0 amide bonds. The fraction of sp³-hybridized carbons (Fsp3) is 0.250. The molecule has 0 aliphatic carbocycles. The lowest BCUT2D eigenvalue weighted by atomic mass is 10.2. The van der Waals surface area contributed by atoms with Gasteiger partial charge in [0.2, 0.25) is 0 Å². The van der Waals surface area contributed by atoms with E-state index in [9.17, 15) is 23.3 Å². The number of benzene rings is 1. The summed E-state index contributed by atoms with van der Waals surface area (Å²) in [7, 11) is 0. The maximum atomic E-state index is 11.9. The summed E-state index contributed by atoms with van der Waals surface area (Å²) >= 11 is 5.49. The van der Waals surface area contributed by atoms with Crippen molar-refractivity contribution in [1.29, 1.82) is 0 Å². The van der Waals surface area contributed by atoms with Crippen LogP contribution in [0.2, 0.25) is 5.02 Å². The van der Waals surface area contributed by atoms with Crippen molar-refractivity contribution in [3.8, 4) is 5.75 Å². The summed E-state index contributed by atoms with van der Waals surface area (Å²) in [5.74, 6) is -0.432. The van der Waals surface area contributed by atoms with Gasteiger partial charge in [-0.05, 0) is 6.07 Å². The van der Waals surface area contributed by atoms with Gasteiger partial charge in [-0.1, -0.05) is 11.6 Å². The van der Waals surface area contributed by atoms with Crippen LogP contribution in [0.15, 0.2) is 12.1 Å². The molecule has 17 heavy (non-hydrogen) atoms. The minimum atomic E-state index is -4.55. The van der Waals surface area contributed by atoms with E-state index in [4.69, 9.17) is 17.3 Å². The first-order valence-corrected chi connectivity index (χ1v) is 4.51. The molecule has 5 nitrogen and oxygen atoms in total. The lowest BCUT2D eigenvalue weighted by Crippen LogP contribution is -2.19. The number of nitrogen functional groups attached to an aromatic ring is 1. The Morgan fingerprint density at radius 1 is 1.47 bits per heavy atom. The lowest BCUT2D eigenvalue weighted by molar-refractivity contribution is -0.384. The molecule has 0 bridgehead atoms. The van der Waals surface area contributed by atoms with E-state index in [1.54, 1.807) is 0 Å². The molecule has 0 saturated heterocycles. The van der Waals surface area contributed by atoms with Crippen molar-refractivity contribution in [3.63, 3.8) is 0 Å². The largest absolute Gasteiger partial charge is 0.482 e. The monoisotopic (exact) mass is 270 g/mol. The Morgan fingerprint density at radius 3 is 2.53 bits per heavy atom. The van der Waals surface area contributed by atoms with Crippen LogP contribution >= 0.6 is 11.6 Å². The second kappa shape index (κ2) is 4.66. The number of hydrogen-bond donors (Lipinski definition) is 1. The fourth-order valence-corrected chi connectivity index (χ4v) is 1.22. The Labute approximate surface area is 98.1 Å². The van der Waals surface area contributed by atoms with Crippen molar-refractivity contribution in [2.45, 2.75) is 6.18 Å². The van der Waals surface area contributed by atoms with Crippen LogP contribution < -0.4 is 10.5 Å². The maximum absolute atomic E-state index is 11.9. The number of nitrogens with zero attached hydrogens (tertiary/aromatic N) is 1. The summed E-state index contributed by atoms with van der Waals surface area (Å²) in [5, 5.41) is 10.2. The molecule has 0 saturated carbocycles. The highest BCUT2D eigenvalue weighted by Crippen LogP contribution is 2.34. The van der Waals surface area contributed by atoms with Gasteiger partial charge in [-0.2, -0.15) is 13.2 Å². The van der Waals surface area contributed by atoms with Crippen molar-refractivity contribution < 1.29 is 22.8 Å². The Kier molecular flexibility index (Phi) is 3.66. The van der Waals surface area contributed by atoms with E-state index < -0.39 is 29.1 Å². The molecular weight excluding hydrogens is 265 g/mol. The zero-order valence-electron chi connectivity index (χ0n) is 8.12. The van der Waals surface area contributed by atoms with Crippen molar-refractivity contribution in [1.82, 2.24) is 0 Å². The Bertz CT molecular complexity index is 450. The number of alkyl halides is 3. The minimum Gasteiger partial charge on any atom is -0.482 e. The minimum absolute atomic E-state index is 0.204. The van der Waals surface area contributed by atoms with Crippen LogP contribution in [0.5, 0.6) is 5.75 Å². The van der Waals surface area contributed by atoms with Crippen LogP contribution in [0, 0.1) is 10.1 Å². The number of rotatable bonds is 3. The van der Waals surface area contributed by atoms with E-state index in [0.717, 1.165) is 12.1 Å². The van der Waals surface area contributed by atoms with Crippen LogP contribution in [-0.2, 0) is 0 Å². The molecule has 0 heterocycles. The highest BCUT2D eigenvalue weighted by molar-refractivity contribution is 6.33. The van der Waals surface area contributed by atoms with Gasteiger partial charge in [0.1, 0.15) is 10.8 Å². The molecule has 0 unspecified atom stereocenters. The molecule has 1 rings (SSSR count). The summed E-state index contributed by atoms with van der Waals surface area (Å²) in [6, 6.07) is 1.72. The summed E-state index contributed by atoms with van der Waals surface area (Å²) in [6.45, 7) is -1.59. The third-order valence-electron chi connectivity index (χ3n) is 1.67. The van der Waals surface area contributed by atoms with E-state index in [2.05, 4.69) is 4.74 Å². The Balaban J connectivity index is 3.00. The van der Waals surface area contributed by atoms with Gasteiger partial charge in [0.15, 0.2) is 6.61 Å².